The quantitative estimate of drug-likeness (QED) is 0.747. The van der Waals surface area contributed by atoms with Gasteiger partial charge in [0.15, 0.2) is 0 Å². The zero-order valence-electron chi connectivity index (χ0n) is 14.4. The summed E-state index contributed by atoms with van der Waals surface area (Å²) in [5.74, 6) is -0.313. The van der Waals surface area contributed by atoms with E-state index in [1.54, 1.807) is 40.9 Å². The van der Waals surface area contributed by atoms with E-state index in [1.165, 1.54) is 6.92 Å². The van der Waals surface area contributed by atoms with E-state index < -0.39 is 0 Å². The van der Waals surface area contributed by atoms with Gasteiger partial charge in [-0.15, -0.1) is 11.8 Å². The molecule has 2 aromatic carbocycles. The third-order valence-electron chi connectivity index (χ3n) is 3.64. The lowest BCUT2D eigenvalue weighted by Crippen LogP contribution is -2.33. The minimum Gasteiger partial charge on any atom is -0.395 e. The Labute approximate surface area is 152 Å². The van der Waals surface area contributed by atoms with Gasteiger partial charge in [0.25, 0.3) is 5.91 Å². The highest BCUT2D eigenvalue weighted by Gasteiger charge is 2.16. The number of hydrogen-bond donors (Lipinski definition) is 2. The van der Waals surface area contributed by atoms with Crippen LogP contribution in [0.5, 0.6) is 0 Å². The van der Waals surface area contributed by atoms with Crippen LogP contribution in [0.2, 0.25) is 0 Å². The second-order valence-corrected chi connectivity index (χ2v) is 6.44. The molecule has 0 heterocycles. The number of aliphatic hydroxyl groups is 1. The zero-order valence-corrected chi connectivity index (χ0v) is 15.2. The van der Waals surface area contributed by atoms with E-state index in [2.05, 4.69) is 5.32 Å². The molecular weight excluding hydrogens is 336 g/mol. The number of aliphatic hydroxyl groups excluding tert-OH is 1. The molecule has 0 atom stereocenters. The van der Waals surface area contributed by atoms with Crippen molar-refractivity contribution < 1.29 is 14.7 Å². The van der Waals surface area contributed by atoms with Crippen molar-refractivity contribution in [1.29, 1.82) is 0 Å². The van der Waals surface area contributed by atoms with Gasteiger partial charge in [0.05, 0.1) is 6.61 Å². The molecule has 0 fully saturated rings. The predicted molar refractivity (Wildman–Crippen MR) is 101 cm³/mol. The molecule has 0 saturated heterocycles. The van der Waals surface area contributed by atoms with Gasteiger partial charge in [0.2, 0.25) is 5.91 Å². The van der Waals surface area contributed by atoms with Crippen LogP contribution in [0.15, 0.2) is 53.4 Å². The Bertz CT molecular complexity index is 714. The molecule has 0 unspecified atom stereocenters. The van der Waals surface area contributed by atoms with Crippen molar-refractivity contribution in [3.05, 3.63) is 59.7 Å². The van der Waals surface area contributed by atoms with Crippen LogP contribution in [0.1, 0.15) is 22.8 Å². The fourth-order valence-electron chi connectivity index (χ4n) is 2.41. The molecule has 2 N–H and O–H groups in total. The number of hydrogen-bond acceptors (Lipinski definition) is 4. The first kappa shape index (κ1) is 19.0. The molecule has 0 spiro atoms. The van der Waals surface area contributed by atoms with Gasteiger partial charge in [-0.3, -0.25) is 9.59 Å². The topological polar surface area (TPSA) is 69.6 Å². The SMILES string of the molecule is CSc1ccc(CN(CCO)C(=O)c2ccc(NC(C)=O)cc2)cc1. The Kier molecular flexibility index (Phi) is 7.03. The van der Waals surface area contributed by atoms with Crippen molar-refractivity contribution in [3.8, 4) is 0 Å². The lowest BCUT2D eigenvalue weighted by molar-refractivity contribution is -0.114. The van der Waals surface area contributed by atoms with E-state index in [0.717, 1.165) is 10.5 Å². The number of nitrogens with one attached hydrogen (secondary N) is 1. The summed E-state index contributed by atoms with van der Waals surface area (Å²) in [4.78, 5) is 26.6. The van der Waals surface area contributed by atoms with Gasteiger partial charge < -0.3 is 15.3 Å². The van der Waals surface area contributed by atoms with Crippen molar-refractivity contribution in [3.63, 3.8) is 0 Å². The number of carbonyl (C=O) groups is 2. The highest BCUT2D eigenvalue weighted by molar-refractivity contribution is 7.98. The lowest BCUT2D eigenvalue weighted by atomic mass is 10.1. The predicted octanol–water partition coefficient (Wildman–Crippen LogP) is 3.00. The van der Waals surface area contributed by atoms with Gasteiger partial charge in [-0.1, -0.05) is 12.1 Å². The number of amides is 2. The summed E-state index contributed by atoms with van der Waals surface area (Å²) in [6.45, 7) is 2.03. The van der Waals surface area contributed by atoms with Crippen LogP contribution in [0, 0.1) is 0 Å². The first-order valence-corrected chi connectivity index (χ1v) is 9.16. The van der Waals surface area contributed by atoms with Crippen LogP contribution >= 0.6 is 11.8 Å². The minimum absolute atomic E-state index is 0.0986. The molecule has 0 radical (unpaired) electrons. The van der Waals surface area contributed by atoms with Crippen LogP contribution in [0.25, 0.3) is 0 Å². The summed E-state index contributed by atoms with van der Waals surface area (Å²) in [6, 6.07) is 14.8. The molecule has 0 saturated carbocycles. The van der Waals surface area contributed by atoms with Gasteiger partial charge in [-0.25, -0.2) is 0 Å². The minimum atomic E-state index is -0.158. The first-order chi connectivity index (χ1) is 12.0. The highest BCUT2D eigenvalue weighted by Crippen LogP contribution is 2.17. The molecule has 2 amide bonds. The molecule has 2 aromatic rings. The van der Waals surface area contributed by atoms with E-state index >= 15 is 0 Å². The Morgan fingerprint density at radius 1 is 1.08 bits per heavy atom. The van der Waals surface area contributed by atoms with Crippen LogP contribution in [0.4, 0.5) is 5.69 Å². The molecule has 2 rings (SSSR count). The van der Waals surface area contributed by atoms with E-state index in [1.807, 2.05) is 30.5 Å². The highest BCUT2D eigenvalue weighted by atomic mass is 32.2. The van der Waals surface area contributed by atoms with Gasteiger partial charge in [-0.2, -0.15) is 0 Å². The smallest absolute Gasteiger partial charge is 0.254 e. The second kappa shape index (κ2) is 9.25. The summed E-state index contributed by atoms with van der Waals surface area (Å²) in [6.07, 6.45) is 2.02. The average molecular weight is 358 g/mol. The van der Waals surface area contributed by atoms with E-state index in [0.29, 0.717) is 17.8 Å². The van der Waals surface area contributed by atoms with Gasteiger partial charge >= 0.3 is 0 Å². The number of thioether (sulfide) groups is 1. The maximum Gasteiger partial charge on any atom is 0.254 e. The maximum atomic E-state index is 12.7. The number of carbonyl (C=O) groups excluding carboxylic acids is 2. The van der Waals surface area contributed by atoms with E-state index in [9.17, 15) is 14.7 Å². The largest absolute Gasteiger partial charge is 0.395 e. The molecule has 0 aromatic heterocycles. The number of rotatable bonds is 7. The van der Waals surface area contributed by atoms with Crippen LogP contribution in [0.3, 0.4) is 0 Å². The van der Waals surface area contributed by atoms with Gasteiger partial charge in [0.1, 0.15) is 0 Å². The molecule has 0 aliphatic rings. The molecule has 132 valence electrons. The summed E-state index contributed by atoms with van der Waals surface area (Å²) < 4.78 is 0. The van der Waals surface area contributed by atoms with Crippen molar-refractivity contribution in [1.82, 2.24) is 4.90 Å². The van der Waals surface area contributed by atoms with Crippen molar-refractivity contribution in [2.75, 3.05) is 24.7 Å². The van der Waals surface area contributed by atoms with E-state index in [-0.39, 0.29) is 25.0 Å². The van der Waals surface area contributed by atoms with Crippen LogP contribution < -0.4 is 5.32 Å². The second-order valence-electron chi connectivity index (χ2n) is 5.56. The maximum absolute atomic E-state index is 12.7. The number of anilines is 1. The summed E-state index contributed by atoms with van der Waals surface area (Å²) in [5, 5.41) is 12.0. The van der Waals surface area contributed by atoms with Crippen molar-refractivity contribution in [2.24, 2.45) is 0 Å². The molecule has 0 aliphatic carbocycles. The first-order valence-electron chi connectivity index (χ1n) is 7.94. The summed E-state index contributed by atoms with van der Waals surface area (Å²) >= 11 is 1.66. The third kappa shape index (κ3) is 5.62. The van der Waals surface area contributed by atoms with Crippen LogP contribution in [-0.4, -0.2) is 41.2 Å². The fourth-order valence-corrected chi connectivity index (χ4v) is 2.81. The molecule has 5 nitrogen and oxygen atoms in total. The molecule has 0 bridgehead atoms. The van der Waals surface area contributed by atoms with Crippen molar-refractivity contribution in [2.45, 2.75) is 18.4 Å². The molecule has 25 heavy (non-hydrogen) atoms. The Morgan fingerprint density at radius 3 is 2.24 bits per heavy atom. The normalized spacial score (nSPS) is 10.4. The molecule has 0 aliphatic heterocycles. The van der Waals surface area contributed by atoms with Gasteiger partial charge in [-0.05, 0) is 48.2 Å². The zero-order chi connectivity index (χ0) is 18.2. The van der Waals surface area contributed by atoms with Crippen molar-refractivity contribution >= 4 is 29.3 Å². The van der Waals surface area contributed by atoms with Gasteiger partial charge in [0, 0.05) is 36.2 Å². The Morgan fingerprint density at radius 2 is 1.72 bits per heavy atom. The third-order valence-corrected chi connectivity index (χ3v) is 4.39. The average Bonchev–Trinajstić information content (AvgIpc) is 2.61. The number of nitrogens with zero attached hydrogens (tertiary/aromatic N) is 1. The monoisotopic (exact) mass is 358 g/mol. The fraction of sp³-hybridized carbons (Fsp3) is 0.263. The summed E-state index contributed by atoms with van der Waals surface area (Å²) in [7, 11) is 0. The molecule has 6 heteroatoms. The van der Waals surface area contributed by atoms with Crippen LogP contribution in [-0.2, 0) is 11.3 Å². The standard InChI is InChI=1S/C19H22N2O3S/c1-14(23)20-17-7-5-16(6-8-17)19(24)21(11-12-22)13-15-3-9-18(25-2)10-4-15/h3-10,22H,11-13H2,1-2H3,(H,20,23). The number of benzene rings is 2. The van der Waals surface area contributed by atoms with E-state index in [4.69, 9.17) is 0 Å². The molecular formula is C19H22N2O3S. The summed E-state index contributed by atoms with van der Waals surface area (Å²) in [5.41, 5.74) is 2.17. The Balaban J connectivity index is 2.11. The lowest BCUT2D eigenvalue weighted by Gasteiger charge is -2.22. The Hall–Kier alpha value is -2.31.